The maximum absolute atomic E-state index is 13.8. The van der Waals surface area contributed by atoms with Gasteiger partial charge in [0.05, 0.1) is 6.20 Å². The van der Waals surface area contributed by atoms with Crippen LogP contribution in [0.25, 0.3) is 0 Å². The predicted octanol–water partition coefficient (Wildman–Crippen LogP) is 1.62. The standard InChI is InChI=1S/C11H18FN5S/c1-11(2)3-4-17(5-6-18-11)9-8(12)7-14-10(15-9)16-13/h7H,3-6,13H2,1-2H3,(H,14,15,16). The summed E-state index contributed by atoms with van der Waals surface area (Å²) in [7, 11) is 0. The van der Waals surface area contributed by atoms with Gasteiger partial charge < -0.3 is 4.90 Å². The Morgan fingerprint density at radius 3 is 3.00 bits per heavy atom. The van der Waals surface area contributed by atoms with Crippen molar-refractivity contribution in [2.75, 3.05) is 29.2 Å². The van der Waals surface area contributed by atoms with E-state index in [0.29, 0.717) is 5.82 Å². The molecule has 0 aliphatic carbocycles. The smallest absolute Gasteiger partial charge is 0.239 e. The molecule has 0 amide bonds. The molecule has 0 unspecified atom stereocenters. The number of thioether (sulfide) groups is 1. The molecule has 0 radical (unpaired) electrons. The van der Waals surface area contributed by atoms with Crippen LogP contribution in [-0.4, -0.2) is 33.6 Å². The zero-order valence-corrected chi connectivity index (χ0v) is 11.4. The van der Waals surface area contributed by atoms with Gasteiger partial charge in [-0.2, -0.15) is 16.7 Å². The molecular weight excluding hydrogens is 253 g/mol. The second-order valence-electron chi connectivity index (χ2n) is 4.85. The van der Waals surface area contributed by atoms with Crippen LogP contribution in [0, 0.1) is 5.82 Å². The lowest BCUT2D eigenvalue weighted by molar-refractivity contribution is 0.589. The minimum Gasteiger partial charge on any atom is -0.353 e. The number of nitrogen functional groups attached to an aromatic ring is 1. The Kier molecular flexibility index (Phi) is 3.91. The molecule has 1 saturated heterocycles. The summed E-state index contributed by atoms with van der Waals surface area (Å²) in [5.74, 6) is 6.38. The fourth-order valence-corrected chi connectivity index (χ4v) is 2.98. The molecule has 0 bridgehead atoms. The van der Waals surface area contributed by atoms with Gasteiger partial charge in [0, 0.05) is 23.6 Å². The van der Waals surface area contributed by atoms with Gasteiger partial charge in [0.2, 0.25) is 5.95 Å². The molecule has 1 fully saturated rings. The van der Waals surface area contributed by atoms with Crippen molar-refractivity contribution in [2.45, 2.75) is 25.0 Å². The Balaban J connectivity index is 2.20. The number of hydrogen-bond acceptors (Lipinski definition) is 6. The van der Waals surface area contributed by atoms with Crippen LogP contribution in [0.5, 0.6) is 0 Å². The Hall–Kier alpha value is -1.08. The van der Waals surface area contributed by atoms with Gasteiger partial charge in [-0.1, -0.05) is 13.8 Å². The molecule has 7 heteroatoms. The van der Waals surface area contributed by atoms with Crippen molar-refractivity contribution in [3.8, 4) is 0 Å². The second kappa shape index (κ2) is 5.27. The highest BCUT2D eigenvalue weighted by Crippen LogP contribution is 2.32. The Morgan fingerprint density at radius 2 is 2.28 bits per heavy atom. The predicted molar refractivity (Wildman–Crippen MR) is 73.2 cm³/mol. The van der Waals surface area contributed by atoms with Gasteiger partial charge in [-0.25, -0.2) is 15.2 Å². The lowest BCUT2D eigenvalue weighted by atomic mass is 10.1. The summed E-state index contributed by atoms with van der Waals surface area (Å²) < 4.78 is 14.0. The van der Waals surface area contributed by atoms with Crippen molar-refractivity contribution >= 4 is 23.5 Å². The minimum absolute atomic E-state index is 0.229. The summed E-state index contributed by atoms with van der Waals surface area (Å²) in [5.41, 5.74) is 2.34. The molecule has 5 nitrogen and oxygen atoms in total. The summed E-state index contributed by atoms with van der Waals surface area (Å²) in [6.07, 6.45) is 2.15. The van der Waals surface area contributed by atoms with Crippen LogP contribution in [0.1, 0.15) is 20.3 Å². The van der Waals surface area contributed by atoms with Crippen LogP contribution in [0.3, 0.4) is 0 Å². The highest BCUT2D eigenvalue weighted by molar-refractivity contribution is 8.00. The van der Waals surface area contributed by atoms with E-state index in [-0.39, 0.29) is 10.7 Å². The Labute approximate surface area is 110 Å². The van der Waals surface area contributed by atoms with Gasteiger partial charge in [-0.3, -0.25) is 5.43 Å². The highest BCUT2D eigenvalue weighted by Gasteiger charge is 2.25. The number of nitrogens with two attached hydrogens (primary N) is 1. The molecule has 2 heterocycles. The maximum Gasteiger partial charge on any atom is 0.239 e. The molecule has 0 aromatic carbocycles. The van der Waals surface area contributed by atoms with E-state index in [0.717, 1.165) is 31.5 Å². The zero-order chi connectivity index (χ0) is 13.2. The molecule has 0 saturated carbocycles. The van der Waals surface area contributed by atoms with E-state index in [1.807, 2.05) is 16.7 Å². The normalized spacial score (nSPS) is 19.4. The number of aromatic nitrogens is 2. The van der Waals surface area contributed by atoms with Crippen LogP contribution >= 0.6 is 11.8 Å². The van der Waals surface area contributed by atoms with Crippen molar-refractivity contribution in [3.63, 3.8) is 0 Å². The Bertz CT molecular complexity index is 426. The monoisotopic (exact) mass is 271 g/mol. The molecule has 0 spiro atoms. The van der Waals surface area contributed by atoms with Gasteiger partial charge in [-0.15, -0.1) is 0 Å². The first kappa shape index (κ1) is 13.4. The lowest BCUT2D eigenvalue weighted by Gasteiger charge is -2.23. The van der Waals surface area contributed by atoms with Gasteiger partial charge in [0.1, 0.15) is 0 Å². The van der Waals surface area contributed by atoms with Crippen LogP contribution in [0.2, 0.25) is 0 Å². The summed E-state index contributed by atoms with van der Waals surface area (Å²) >= 11 is 1.91. The number of hydrazine groups is 1. The summed E-state index contributed by atoms with van der Waals surface area (Å²) in [4.78, 5) is 9.81. The van der Waals surface area contributed by atoms with Crippen molar-refractivity contribution in [1.29, 1.82) is 0 Å². The molecular formula is C11H18FN5S. The van der Waals surface area contributed by atoms with Crippen LogP contribution < -0.4 is 16.2 Å². The first-order chi connectivity index (χ1) is 8.52. The number of nitrogens with zero attached hydrogens (tertiary/aromatic N) is 3. The largest absolute Gasteiger partial charge is 0.353 e. The average Bonchev–Trinajstić information content (AvgIpc) is 2.51. The van der Waals surface area contributed by atoms with Crippen molar-refractivity contribution in [1.82, 2.24) is 9.97 Å². The van der Waals surface area contributed by atoms with Crippen LogP contribution in [-0.2, 0) is 0 Å². The van der Waals surface area contributed by atoms with Gasteiger partial charge in [-0.05, 0) is 6.42 Å². The van der Waals surface area contributed by atoms with E-state index in [1.165, 1.54) is 0 Å². The fourth-order valence-electron chi connectivity index (χ4n) is 1.88. The molecule has 1 aliphatic heterocycles. The van der Waals surface area contributed by atoms with E-state index >= 15 is 0 Å². The molecule has 0 atom stereocenters. The number of rotatable bonds is 2. The topological polar surface area (TPSA) is 67.1 Å². The minimum atomic E-state index is -0.404. The lowest BCUT2D eigenvalue weighted by Crippen LogP contribution is -2.29. The van der Waals surface area contributed by atoms with Gasteiger partial charge in [0.15, 0.2) is 11.6 Å². The van der Waals surface area contributed by atoms with E-state index in [1.54, 1.807) is 0 Å². The van der Waals surface area contributed by atoms with Crippen LogP contribution in [0.4, 0.5) is 16.2 Å². The quantitative estimate of drug-likeness (QED) is 0.629. The summed E-state index contributed by atoms with van der Waals surface area (Å²) in [6.45, 7) is 6.00. The van der Waals surface area contributed by atoms with Crippen molar-refractivity contribution < 1.29 is 4.39 Å². The van der Waals surface area contributed by atoms with E-state index in [9.17, 15) is 4.39 Å². The second-order valence-corrected chi connectivity index (χ2v) is 6.66. The van der Waals surface area contributed by atoms with E-state index in [4.69, 9.17) is 5.84 Å². The Morgan fingerprint density at radius 1 is 1.50 bits per heavy atom. The fraction of sp³-hybridized carbons (Fsp3) is 0.636. The van der Waals surface area contributed by atoms with E-state index in [2.05, 4.69) is 29.2 Å². The zero-order valence-electron chi connectivity index (χ0n) is 10.6. The summed E-state index contributed by atoms with van der Waals surface area (Å²) in [5, 5.41) is 0. The number of nitrogens with one attached hydrogen (secondary N) is 1. The molecule has 1 aliphatic rings. The number of hydrogen-bond donors (Lipinski definition) is 2. The average molecular weight is 271 g/mol. The summed E-state index contributed by atoms with van der Waals surface area (Å²) in [6, 6.07) is 0. The maximum atomic E-state index is 13.8. The number of halogens is 1. The van der Waals surface area contributed by atoms with Gasteiger partial charge >= 0.3 is 0 Å². The SMILES string of the molecule is CC1(C)CCN(c2nc(NN)ncc2F)CCS1. The molecule has 100 valence electrons. The molecule has 1 aromatic heterocycles. The third kappa shape index (κ3) is 3.02. The van der Waals surface area contributed by atoms with Gasteiger partial charge in [0.25, 0.3) is 0 Å². The molecule has 2 rings (SSSR count). The third-order valence-corrected chi connectivity index (χ3v) is 4.36. The van der Waals surface area contributed by atoms with Crippen molar-refractivity contribution in [3.05, 3.63) is 12.0 Å². The number of anilines is 2. The molecule has 3 N–H and O–H groups in total. The molecule has 1 aromatic rings. The molecule has 18 heavy (non-hydrogen) atoms. The first-order valence-corrected chi connectivity index (χ1v) is 6.88. The first-order valence-electron chi connectivity index (χ1n) is 5.90. The highest BCUT2D eigenvalue weighted by atomic mass is 32.2. The third-order valence-electron chi connectivity index (χ3n) is 2.99. The van der Waals surface area contributed by atoms with Crippen LogP contribution in [0.15, 0.2) is 6.20 Å². The van der Waals surface area contributed by atoms with E-state index < -0.39 is 5.82 Å². The van der Waals surface area contributed by atoms with Crippen molar-refractivity contribution in [2.24, 2.45) is 5.84 Å².